The molecular formula is C13H15N5O3S. The molecule has 0 radical (unpaired) electrons. The third-order valence-corrected chi connectivity index (χ3v) is 4.99. The Morgan fingerprint density at radius 3 is 3.14 bits per heavy atom. The predicted octanol–water partition coefficient (Wildman–Crippen LogP) is -0.437. The van der Waals surface area contributed by atoms with Gasteiger partial charge in [-0.05, 0) is 6.42 Å². The number of likely N-dealkylation sites (tertiary alicyclic amines) is 1. The summed E-state index contributed by atoms with van der Waals surface area (Å²) in [5, 5.41) is 9.14. The van der Waals surface area contributed by atoms with Crippen molar-refractivity contribution >= 4 is 11.3 Å². The second-order valence-corrected chi connectivity index (χ2v) is 6.70. The van der Waals surface area contributed by atoms with Gasteiger partial charge in [0.25, 0.3) is 0 Å². The SMILES string of the molecule is O=c1[nH]nc2n(c1=O)C[C@@]1(CCN(Cc3nccs3)C1)OC2. The molecule has 0 saturated carbocycles. The van der Waals surface area contributed by atoms with Crippen LogP contribution >= 0.6 is 11.3 Å². The van der Waals surface area contributed by atoms with Gasteiger partial charge in [-0.2, -0.15) is 5.10 Å². The van der Waals surface area contributed by atoms with E-state index in [9.17, 15) is 9.59 Å². The number of aromatic nitrogens is 4. The van der Waals surface area contributed by atoms with Crippen molar-refractivity contribution in [1.29, 1.82) is 0 Å². The Bertz CT molecular complexity index is 799. The second kappa shape index (κ2) is 5.11. The van der Waals surface area contributed by atoms with E-state index in [0.29, 0.717) is 12.4 Å². The van der Waals surface area contributed by atoms with Gasteiger partial charge in [0, 0.05) is 24.7 Å². The van der Waals surface area contributed by atoms with Crippen LogP contribution < -0.4 is 11.1 Å². The average Bonchev–Trinajstić information content (AvgIpc) is 3.15. The molecule has 1 saturated heterocycles. The normalized spacial score (nSPS) is 24.7. The van der Waals surface area contributed by atoms with Gasteiger partial charge in [0.1, 0.15) is 17.2 Å². The zero-order valence-electron chi connectivity index (χ0n) is 11.8. The van der Waals surface area contributed by atoms with Crippen LogP contribution in [-0.4, -0.2) is 43.3 Å². The number of thiazole rings is 1. The molecule has 4 rings (SSSR count). The fourth-order valence-electron chi connectivity index (χ4n) is 3.12. The smallest absolute Gasteiger partial charge is 0.330 e. The summed E-state index contributed by atoms with van der Waals surface area (Å²) in [6.07, 6.45) is 2.63. The highest BCUT2D eigenvalue weighted by Gasteiger charge is 2.43. The number of ether oxygens (including phenoxy) is 1. The van der Waals surface area contributed by atoms with Crippen LogP contribution in [0, 0.1) is 0 Å². The van der Waals surface area contributed by atoms with E-state index in [1.54, 1.807) is 17.5 Å². The van der Waals surface area contributed by atoms with E-state index in [2.05, 4.69) is 20.1 Å². The van der Waals surface area contributed by atoms with Gasteiger partial charge >= 0.3 is 11.1 Å². The molecule has 0 bridgehead atoms. The van der Waals surface area contributed by atoms with Crippen LogP contribution in [0.15, 0.2) is 21.2 Å². The first-order valence-electron chi connectivity index (χ1n) is 7.08. The number of H-pyrrole nitrogens is 1. The van der Waals surface area contributed by atoms with Crippen molar-refractivity contribution in [1.82, 2.24) is 24.6 Å². The number of nitrogens with zero attached hydrogens (tertiary/aromatic N) is 4. The van der Waals surface area contributed by atoms with Crippen LogP contribution in [0.2, 0.25) is 0 Å². The van der Waals surface area contributed by atoms with Crippen LogP contribution in [0.4, 0.5) is 0 Å². The standard InChI is InChI=1S/C13H15N5O3S/c19-11-12(20)18-8-13(21-6-9(18)15-16-11)1-3-17(7-13)5-10-14-2-4-22-10/h2,4H,1,3,5-8H2,(H,16,19)/t13-/m0/s1. The molecule has 0 amide bonds. The van der Waals surface area contributed by atoms with Crippen LogP contribution in [-0.2, 0) is 24.4 Å². The maximum atomic E-state index is 12.0. The Balaban J connectivity index is 1.55. The Kier molecular flexibility index (Phi) is 3.21. The second-order valence-electron chi connectivity index (χ2n) is 5.72. The lowest BCUT2D eigenvalue weighted by molar-refractivity contribution is -0.0853. The summed E-state index contributed by atoms with van der Waals surface area (Å²) in [6.45, 7) is 3.03. The zero-order chi connectivity index (χ0) is 15.2. The van der Waals surface area contributed by atoms with Crippen molar-refractivity contribution in [3.63, 3.8) is 0 Å². The molecule has 0 unspecified atom stereocenters. The molecular weight excluding hydrogens is 306 g/mol. The molecule has 0 aromatic carbocycles. The van der Waals surface area contributed by atoms with E-state index in [1.807, 2.05) is 5.38 Å². The fraction of sp³-hybridized carbons (Fsp3) is 0.538. The molecule has 2 aromatic rings. The largest absolute Gasteiger partial charge is 0.364 e. The maximum Gasteiger partial charge on any atom is 0.330 e. The molecule has 1 fully saturated rings. The fourth-order valence-corrected chi connectivity index (χ4v) is 3.78. The Labute approximate surface area is 129 Å². The van der Waals surface area contributed by atoms with Gasteiger partial charge < -0.3 is 4.74 Å². The Hall–Kier alpha value is -1.84. The van der Waals surface area contributed by atoms with E-state index in [-0.39, 0.29) is 6.61 Å². The van der Waals surface area contributed by atoms with Crippen molar-refractivity contribution in [2.75, 3.05) is 13.1 Å². The summed E-state index contributed by atoms with van der Waals surface area (Å²) in [4.78, 5) is 30.0. The van der Waals surface area contributed by atoms with Gasteiger partial charge in [0.2, 0.25) is 0 Å². The van der Waals surface area contributed by atoms with Crippen molar-refractivity contribution in [3.8, 4) is 0 Å². The molecule has 1 atom stereocenters. The highest BCUT2D eigenvalue weighted by Crippen LogP contribution is 2.31. The molecule has 0 aliphatic carbocycles. The molecule has 9 heteroatoms. The van der Waals surface area contributed by atoms with Crippen LogP contribution in [0.5, 0.6) is 0 Å². The van der Waals surface area contributed by atoms with E-state index in [1.165, 1.54) is 4.57 Å². The summed E-state index contributed by atoms with van der Waals surface area (Å²) in [5.41, 5.74) is -1.65. The molecule has 2 aliphatic rings. The average molecular weight is 321 g/mol. The van der Waals surface area contributed by atoms with Crippen LogP contribution in [0.1, 0.15) is 17.3 Å². The van der Waals surface area contributed by atoms with E-state index < -0.39 is 16.7 Å². The topological polar surface area (TPSA) is 93.1 Å². The van der Waals surface area contributed by atoms with E-state index in [4.69, 9.17) is 4.74 Å². The number of hydrogen-bond acceptors (Lipinski definition) is 7. The summed E-state index contributed by atoms with van der Waals surface area (Å²) in [5.74, 6) is 0.480. The lowest BCUT2D eigenvalue weighted by atomic mass is 10.0. The molecule has 8 nitrogen and oxygen atoms in total. The monoisotopic (exact) mass is 321 g/mol. The van der Waals surface area contributed by atoms with Crippen LogP contribution in [0.25, 0.3) is 0 Å². The Morgan fingerprint density at radius 2 is 2.32 bits per heavy atom. The molecule has 4 heterocycles. The molecule has 116 valence electrons. The van der Waals surface area contributed by atoms with Crippen molar-refractivity contribution in [2.24, 2.45) is 0 Å². The summed E-state index contributed by atoms with van der Waals surface area (Å²) < 4.78 is 7.45. The van der Waals surface area contributed by atoms with E-state index >= 15 is 0 Å². The van der Waals surface area contributed by atoms with Crippen LogP contribution in [0.3, 0.4) is 0 Å². The number of aromatic amines is 1. The summed E-state index contributed by atoms with van der Waals surface area (Å²) in [7, 11) is 0. The van der Waals surface area contributed by atoms with Crippen molar-refractivity contribution in [2.45, 2.75) is 31.7 Å². The van der Waals surface area contributed by atoms with Crippen molar-refractivity contribution in [3.05, 3.63) is 43.1 Å². The predicted molar refractivity (Wildman–Crippen MR) is 78.6 cm³/mol. The van der Waals surface area contributed by atoms with Crippen molar-refractivity contribution < 1.29 is 4.74 Å². The molecule has 1 spiro atoms. The van der Waals surface area contributed by atoms with Gasteiger partial charge in [-0.25, -0.2) is 10.1 Å². The number of hydrogen-bond donors (Lipinski definition) is 1. The minimum atomic E-state index is -0.682. The van der Waals surface area contributed by atoms with E-state index in [0.717, 1.165) is 31.1 Å². The van der Waals surface area contributed by atoms with Gasteiger partial charge in [-0.15, -0.1) is 11.3 Å². The quantitative estimate of drug-likeness (QED) is 0.754. The first kappa shape index (κ1) is 13.8. The maximum absolute atomic E-state index is 12.0. The van der Waals surface area contributed by atoms with Gasteiger partial charge in [0.05, 0.1) is 13.1 Å². The summed E-state index contributed by atoms with van der Waals surface area (Å²) >= 11 is 1.63. The molecule has 1 N–H and O–H groups in total. The molecule has 2 aromatic heterocycles. The summed E-state index contributed by atoms with van der Waals surface area (Å²) in [6, 6.07) is 0. The molecule has 22 heavy (non-hydrogen) atoms. The lowest BCUT2D eigenvalue weighted by Gasteiger charge is -2.34. The third kappa shape index (κ3) is 2.31. The van der Waals surface area contributed by atoms with Gasteiger partial charge in [-0.3, -0.25) is 19.1 Å². The first-order valence-corrected chi connectivity index (χ1v) is 7.96. The minimum Gasteiger partial charge on any atom is -0.364 e. The minimum absolute atomic E-state index is 0.247. The first-order chi connectivity index (χ1) is 10.7. The third-order valence-electron chi connectivity index (χ3n) is 4.23. The highest BCUT2D eigenvalue weighted by atomic mass is 32.1. The molecule has 2 aliphatic heterocycles. The zero-order valence-corrected chi connectivity index (χ0v) is 12.6. The number of nitrogens with one attached hydrogen (secondary N) is 1. The highest BCUT2D eigenvalue weighted by molar-refractivity contribution is 7.09. The number of rotatable bonds is 2. The lowest BCUT2D eigenvalue weighted by Crippen LogP contribution is -2.51. The van der Waals surface area contributed by atoms with Gasteiger partial charge in [0.15, 0.2) is 5.82 Å². The Morgan fingerprint density at radius 1 is 1.41 bits per heavy atom. The number of fused-ring (bicyclic) bond motifs is 1. The van der Waals surface area contributed by atoms with Gasteiger partial charge in [-0.1, -0.05) is 0 Å².